The molecule has 14 heavy (non-hydrogen) atoms. The molecule has 1 fully saturated rings. The minimum absolute atomic E-state index is 0.287. The van der Waals surface area contributed by atoms with E-state index in [2.05, 4.69) is 4.98 Å². The summed E-state index contributed by atoms with van der Waals surface area (Å²) in [4.78, 5) is 14.4. The van der Waals surface area contributed by atoms with E-state index in [1.54, 1.807) is 6.92 Å². The van der Waals surface area contributed by atoms with Crippen molar-refractivity contribution < 1.29 is 14.3 Å². The van der Waals surface area contributed by atoms with Gasteiger partial charge in [-0.3, -0.25) is 0 Å². The van der Waals surface area contributed by atoms with Crippen molar-refractivity contribution in [2.75, 3.05) is 6.61 Å². The molecule has 4 heteroatoms. The van der Waals surface area contributed by atoms with E-state index < -0.39 is 11.7 Å². The summed E-state index contributed by atoms with van der Waals surface area (Å²) in [5.41, 5.74) is 0.394. The van der Waals surface area contributed by atoms with E-state index in [4.69, 9.17) is 9.47 Å². The number of hydrogen-bond donors (Lipinski definition) is 1. The van der Waals surface area contributed by atoms with E-state index in [0.29, 0.717) is 6.61 Å². The van der Waals surface area contributed by atoms with Crippen molar-refractivity contribution in [3.63, 3.8) is 0 Å². The molecule has 1 aromatic rings. The largest absolute Gasteiger partial charge is 0.464 e. The third-order valence-electron chi connectivity index (χ3n) is 2.44. The lowest BCUT2D eigenvalue weighted by molar-refractivity contribution is -0.144. The third kappa shape index (κ3) is 1.32. The molecule has 0 saturated carbocycles. The fourth-order valence-corrected chi connectivity index (χ4v) is 1.55. The summed E-state index contributed by atoms with van der Waals surface area (Å²) in [6.45, 7) is 4.05. The molecule has 0 bridgehead atoms. The van der Waals surface area contributed by atoms with E-state index in [-0.39, 0.29) is 5.97 Å². The van der Waals surface area contributed by atoms with Crippen LogP contribution in [-0.4, -0.2) is 23.7 Å². The molecule has 0 spiro atoms. The van der Waals surface area contributed by atoms with Crippen molar-refractivity contribution in [3.05, 3.63) is 24.0 Å². The summed E-state index contributed by atoms with van der Waals surface area (Å²) in [5.74, 6) is -0.287. The Morgan fingerprint density at radius 1 is 1.79 bits per heavy atom. The lowest BCUT2D eigenvalue weighted by Gasteiger charge is -2.02. The van der Waals surface area contributed by atoms with Gasteiger partial charge in [-0.05, 0) is 26.0 Å². The topological polar surface area (TPSA) is 54.6 Å². The van der Waals surface area contributed by atoms with Crippen molar-refractivity contribution in [1.29, 1.82) is 0 Å². The molecule has 0 radical (unpaired) electrons. The number of aromatic nitrogens is 1. The van der Waals surface area contributed by atoms with Crippen molar-refractivity contribution in [2.24, 2.45) is 0 Å². The van der Waals surface area contributed by atoms with E-state index >= 15 is 0 Å². The molecule has 0 aromatic carbocycles. The maximum Gasteiger partial charge on any atom is 0.338 e. The Morgan fingerprint density at radius 3 is 3.14 bits per heavy atom. The number of rotatable bonds is 3. The molecule has 1 aliphatic heterocycles. The quantitative estimate of drug-likeness (QED) is 0.582. The zero-order chi connectivity index (χ0) is 10.2. The predicted octanol–water partition coefficient (Wildman–Crippen LogP) is 1.19. The molecule has 1 aliphatic rings. The monoisotopic (exact) mass is 195 g/mol. The lowest BCUT2D eigenvalue weighted by Crippen LogP contribution is -2.19. The maximum absolute atomic E-state index is 11.4. The van der Waals surface area contributed by atoms with E-state index in [0.717, 1.165) is 5.69 Å². The number of esters is 1. The van der Waals surface area contributed by atoms with Gasteiger partial charge in [0.05, 0.1) is 12.3 Å². The van der Waals surface area contributed by atoms with Gasteiger partial charge in [0.25, 0.3) is 0 Å². The molecule has 0 amide bonds. The molecule has 0 aliphatic carbocycles. The molecule has 2 atom stereocenters. The van der Waals surface area contributed by atoms with Gasteiger partial charge >= 0.3 is 5.97 Å². The average molecular weight is 195 g/mol. The number of ether oxygens (including phenoxy) is 2. The number of epoxide rings is 1. The van der Waals surface area contributed by atoms with Crippen molar-refractivity contribution in [1.82, 2.24) is 4.98 Å². The number of carbonyl (C=O) groups excluding carboxylic acids is 1. The van der Waals surface area contributed by atoms with E-state index in [1.165, 1.54) is 0 Å². The Balaban J connectivity index is 2.06. The van der Waals surface area contributed by atoms with E-state index in [9.17, 15) is 4.79 Å². The molecule has 2 heterocycles. The molecule has 4 nitrogen and oxygen atoms in total. The van der Waals surface area contributed by atoms with E-state index in [1.807, 2.05) is 25.3 Å². The van der Waals surface area contributed by atoms with Crippen molar-refractivity contribution in [2.45, 2.75) is 25.6 Å². The van der Waals surface area contributed by atoms with Crippen LogP contribution in [0.2, 0.25) is 0 Å². The van der Waals surface area contributed by atoms with Gasteiger partial charge < -0.3 is 14.5 Å². The smallest absolute Gasteiger partial charge is 0.338 e. The number of hydrogen-bond acceptors (Lipinski definition) is 3. The van der Waals surface area contributed by atoms with Gasteiger partial charge in [0.1, 0.15) is 5.60 Å². The van der Waals surface area contributed by atoms with Gasteiger partial charge in [-0.1, -0.05) is 0 Å². The van der Waals surface area contributed by atoms with Crippen LogP contribution in [-0.2, 0) is 19.9 Å². The van der Waals surface area contributed by atoms with Crippen LogP contribution < -0.4 is 0 Å². The molecule has 2 rings (SSSR count). The van der Waals surface area contributed by atoms with Gasteiger partial charge in [0.2, 0.25) is 0 Å². The molecule has 1 saturated heterocycles. The van der Waals surface area contributed by atoms with Crippen LogP contribution in [0.25, 0.3) is 0 Å². The minimum Gasteiger partial charge on any atom is -0.464 e. The fraction of sp³-hybridized carbons (Fsp3) is 0.500. The first-order valence-electron chi connectivity index (χ1n) is 4.67. The van der Waals surface area contributed by atoms with Gasteiger partial charge in [-0.25, -0.2) is 4.79 Å². The number of H-pyrrole nitrogens is 1. The normalized spacial score (nSPS) is 30.0. The molecule has 76 valence electrons. The van der Waals surface area contributed by atoms with Crippen LogP contribution in [0.4, 0.5) is 0 Å². The molecular weight excluding hydrogens is 182 g/mol. The fourth-order valence-electron chi connectivity index (χ4n) is 1.55. The highest BCUT2D eigenvalue weighted by Gasteiger charge is 2.60. The third-order valence-corrected chi connectivity index (χ3v) is 2.44. The maximum atomic E-state index is 11.4. The second kappa shape index (κ2) is 3.13. The summed E-state index contributed by atoms with van der Waals surface area (Å²) in [7, 11) is 0. The predicted molar refractivity (Wildman–Crippen MR) is 49.7 cm³/mol. The Morgan fingerprint density at radius 2 is 2.57 bits per heavy atom. The Bertz CT molecular complexity index is 333. The summed E-state index contributed by atoms with van der Waals surface area (Å²) in [5, 5.41) is 0. The first-order valence-corrected chi connectivity index (χ1v) is 4.67. The second-order valence-corrected chi connectivity index (χ2v) is 3.44. The van der Waals surface area contributed by atoms with Gasteiger partial charge in [0, 0.05) is 6.20 Å². The standard InChI is InChI=1S/C10H13NO3/c1-3-13-9(12)8-10(2,14-8)7-5-4-6-11-7/h4-6,8,11H,3H2,1-2H3. The highest BCUT2D eigenvalue weighted by molar-refractivity contribution is 5.79. The Labute approximate surface area is 82.2 Å². The first kappa shape index (κ1) is 9.27. The molecule has 1 aromatic heterocycles. The van der Waals surface area contributed by atoms with Crippen LogP contribution in [0.1, 0.15) is 19.5 Å². The Kier molecular flexibility index (Phi) is 2.07. The summed E-state index contributed by atoms with van der Waals surface area (Å²) in [6, 6.07) is 3.78. The molecule has 2 unspecified atom stereocenters. The number of aromatic amines is 1. The van der Waals surface area contributed by atoms with Gasteiger partial charge in [0.15, 0.2) is 6.10 Å². The summed E-state index contributed by atoms with van der Waals surface area (Å²) >= 11 is 0. The summed E-state index contributed by atoms with van der Waals surface area (Å²) in [6.07, 6.45) is 1.35. The van der Waals surface area contributed by atoms with Crippen molar-refractivity contribution >= 4 is 5.97 Å². The molecular formula is C10H13NO3. The molecule has 1 N–H and O–H groups in total. The highest BCUT2D eigenvalue weighted by atomic mass is 16.7. The minimum atomic E-state index is -0.518. The summed E-state index contributed by atoms with van der Waals surface area (Å²) < 4.78 is 10.2. The first-order chi connectivity index (χ1) is 6.68. The van der Waals surface area contributed by atoms with Crippen LogP contribution >= 0.6 is 0 Å². The van der Waals surface area contributed by atoms with Crippen LogP contribution in [0, 0.1) is 0 Å². The van der Waals surface area contributed by atoms with Crippen LogP contribution in [0.3, 0.4) is 0 Å². The zero-order valence-electron chi connectivity index (χ0n) is 8.24. The lowest BCUT2D eigenvalue weighted by atomic mass is 10.0. The Hall–Kier alpha value is -1.29. The van der Waals surface area contributed by atoms with Crippen LogP contribution in [0.5, 0.6) is 0 Å². The second-order valence-electron chi connectivity index (χ2n) is 3.44. The SMILES string of the molecule is CCOC(=O)C1OC1(C)c1ccc[nH]1. The van der Waals surface area contributed by atoms with Gasteiger partial charge in [-0.15, -0.1) is 0 Å². The highest BCUT2D eigenvalue weighted by Crippen LogP contribution is 2.45. The van der Waals surface area contributed by atoms with Crippen LogP contribution in [0.15, 0.2) is 18.3 Å². The van der Waals surface area contributed by atoms with Gasteiger partial charge in [-0.2, -0.15) is 0 Å². The number of nitrogens with one attached hydrogen (secondary N) is 1. The van der Waals surface area contributed by atoms with Crippen molar-refractivity contribution in [3.8, 4) is 0 Å². The number of carbonyl (C=O) groups is 1. The zero-order valence-corrected chi connectivity index (χ0v) is 8.24. The average Bonchev–Trinajstić information content (AvgIpc) is 2.67.